The second-order valence-electron chi connectivity index (χ2n) is 8.28. The zero-order chi connectivity index (χ0) is 19.6. The molecule has 3 atom stereocenters. The molecule has 2 N–H and O–H groups in total. The van der Waals surface area contributed by atoms with Gasteiger partial charge in [-0.25, -0.2) is 4.68 Å². The molecule has 1 aromatic heterocycles. The Morgan fingerprint density at radius 3 is 2.93 bits per heavy atom. The van der Waals surface area contributed by atoms with E-state index >= 15 is 0 Å². The molecule has 0 radical (unpaired) electrons. The number of carbonyl (C=O) groups is 2. The molecule has 1 saturated carbocycles. The molecule has 2 aliphatic carbocycles. The van der Waals surface area contributed by atoms with Crippen LogP contribution in [0.1, 0.15) is 53.0 Å². The first kappa shape index (κ1) is 17.1. The van der Waals surface area contributed by atoms with Crippen LogP contribution in [0.5, 0.6) is 0 Å². The fraction of sp³-hybridized carbons (Fsp3) is 0.409. The molecule has 142 valence electrons. The van der Waals surface area contributed by atoms with Gasteiger partial charge in [0.15, 0.2) is 5.69 Å². The third-order valence-electron chi connectivity index (χ3n) is 6.41. The van der Waals surface area contributed by atoms with Crippen molar-refractivity contribution in [2.24, 2.45) is 17.1 Å². The van der Waals surface area contributed by atoms with Gasteiger partial charge in [0, 0.05) is 36.3 Å². The fourth-order valence-electron chi connectivity index (χ4n) is 4.79. The van der Waals surface area contributed by atoms with Crippen LogP contribution in [0.3, 0.4) is 0 Å². The van der Waals surface area contributed by atoms with Gasteiger partial charge < -0.3 is 10.6 Å². The zero-order valence-electron chi connectivity index (χ0n) is 16.0. The van der Waals surface area contributed by atoms with Gasteiger partial charge in [-0.1, -0.05) is 24.8 Å². The number of amides is 2. The first-order valence-electron chi connectivity index (χ1n) is 9.71. The number of primary amides is 1. The van der Waals surface area contributed by atoms with E-state index in [1.807, 2.05) is 36.0 Å². The predicted molar refractivity (Wildman–Crippen MR) is 104 cm³/mol. The average Bonchev–Trinajstić information content (AvgIpc) is 2.94. The van der Waals surface area contributed by atoms with Crippen molar-refractivity contribution < 1.29 is 9.59 Å². The van der Waals surface area contributed by atoms with Gasteiger partial charge in [-0.3, -0.25) is 9.59 Å². The number of piperidine rings is 1. The van der Waals surface area contributed by atoms with E-state index in [4.69, 9.17) is 5.73 Å². The lowest BCUT2D eigenvalue weighted by atomic mass is 10.0. The summed E-state index contributed by atoms with van der Waals surface area (Å²) in [5.74, 6) is 6.76. The van der Waals surface area contributed by atoms with Crippen molar-refractivity contribution in [3.05, 3.63) is 46.8 Å². The van der Waals surface area contributed by atoms with Gasteiger partial charge in [0.05, 0.1) is 5.69 Å². The SMILES string of the molecule is C[C@H]1CCc2c1c(C(N)=O)nn2-c1cccc(C#C[C@]23CC2CN(C)C3=O)c1. The minimum absolute atomic E-state index is 0.145. The Kier molecular flexibility index (Phi) is 3.48. The standard InChI is InChI=1S/C22H22N4O2/c1-13-6-7-17-18(13)19(20(23)27)24-26(17)16-5-3-4-14(10-16)8-9-22-11-15(22)12-25(2)21(22)28/h3-5,10,13,15H,6-7,11-12H2,1-2H3,(H2,23,27)/t13-,15?,22-/m0/s1. The number of rotatable bonds is 2. The summed E-state index contributed by atoms with van der Waals surface area (Å²) >= 11 is 0. The van der Waals surface area contributed by atoms with Crippen LogP contribution in [-0.2, 0) is 11.2 Å². The predicted octanol–water partition coefficient (Wildman–Crippen LogP) is 1.85. The van der Waals surface area contributed by atoms with Gasteiger partial charge in [-0.2, -0.15) is 5.10 Å². The summed E-state index contributed by atoms with van der Waals surface area (Å²) in [5.41, 5.74) is 9.20. The van der Waals surface area contributed by atoms with E-state index in [-0.39, 0.29) is 11.8 Å². The molecular weight excluding hydrogens is 352 g/mol. The zero-order valence-corrected chi connectivity index (χ0v) is 16.0. The van der Waals surface area contributed by atoms with Crippen LogP contribution in [-0.4, -0.2) is 40.1 Å². The van der Waals surface area contributed by atoms with Crippen LogP contribution in [0.2, 0.25) is 0 Å². The van der Waals surface area contributed by atoms with Crippen LogP contribution < -0.4 is 5.73 Å². The van der Waals surface area contributed by atoms with E-state index in [0.29, 0.717) is 11.6 Å². The molecular formula is C22H22N4O2. The molecule has 2 heterocycles. The second kappa shape index (κ2) is 5.71. The molecule has 1 saturated heterocycles. The maximum atomic E-state index is 12.4. The molecule has 2 amide bonds. The van der Waals surface area contributed by atoms with Gasteiger partial charge in [-0.05, 0) is 43.4 Å². The molecule has 6 nitrogen and oxygen atoms in total. The van der Waals surface area contributed by atoms with Crippen LogP contribution in [0, 0.1) is 23.2 Å². The molecule has 5 rings (SSSR count). The molecule has 1 aliphatic heterocycles. The first-order valence-corrected chi connectivity index (χ1v) is 9.71. The van der Waals surface area contributed by atoms with Crippen molar-refractivity contribution in [2.45, 2.75) is 32.1 Å². The van der Waals surface area contributed by atoms with Crippen LogP contribution in [0.4, 0.5) is 0 Å². The number of hydrogen-bond donors (Lipinski definition) is 1. The highest BCUT2D eigenvalue weighted by atomic mass is 16.2. The Hall–Kier alpha value is -3.07. The van der Waals surface area contributed by atoms with Gasteiger partial charge in [0.1, 0.15) is 5.41 Å². The number of hydrogen-bond acceptors (Lipinski definition) is 3. The first-order chi connectivity index (χ1) is 13.4. The lowest BCUT2D eigenvalue weighted by Gasteiger charge is -2.11. The van der Waals surface area contributed by atoms with Crippen LogP contribution in [0.25, 0.3) is 5.69 Å². The maximum absolute atomic E-state index is 12.4. The monoisotopic (exact) mass is 374 g/mol. The average molecular weight is 374 g/mol. The van der Waals surface area contributed by atoms with E-state index in [1.54, 1.807) is 4.90 Å². The van der Waals surface area contributed by atoms with Crippen molar-refractivity contribution in [3.8, 4) is 17.5 Å². The van der Waals surface area contributed by atoms with Gasteiger partial charge in [0.25, 0.3) is 5.91 Å². The quantitative estimate of drug-likeness (QED) is 0.815. The largest absolute Gasteiger partial charge is 0.364 e. The summed E-state index contributed by atoms with van der Waals surface area (Å²) in [5, 5.41) is 4.51. The van der Waals surface area contributed by atoms with Crippen molar-refractivity contribution >= 4 is 11.8 Å². The number of fused-ring (bicyclic) bond motifs is 2. The third-order valence-corrected chi connectivity index (χ3v) is 6.41. The summed E-state index contributed by atoms with van der Waals surface area (Å²) in [6.07, 6.45) is 2.74. The Labute approximate surface area is 163 Å². The van der Waals surface area contributed by atoms with Crippen molar-refractivity contribution in [1.82, 2.24) is 14.7 Å². The molecule has 1 unspecified atom stereocenters. The number of benzene rings is 1. The smallest absolute Gasteiger partial charge is 0.269 e. The summed E-state index contributed by atoms with van der Waals surface area (Å²) in [7, 11) is 1.84. The van der Waals surface area contributed by atoms with Crippen molar-refractivity contribution in [2.75, 3.05) is 13.6 Å². The third kappa shape index (κ3) is 2.32. The Balaban J connectivity index is 1.51. The summed E-state index contributed by atoms with van der Waals surface area (Å²) in [6, 6.07) is 7.79. The molecule has 6 heteroatoms. The number of aromatic nitrogens is 2. The van der Waals surface area contributed by atoms with Crippen molar-refractivity contribution in [1.29, 1.82) is 0 Å². The van der Waals surface area contributed by atoms with E-state index in [1.165, 1.54) is 0 Å². The molecule has 2 fully saturated rings. The second-order valence-corrected chi connectivity index (χ2v) is 8.28. The molecule has 3 aliphatic rings. The van der Waals surface area contributed by atoms with E-state index in [9.17, 15) is 9.59 Å². The fourth-order valence-corrected chi connectivity index (χ4v) is 4.79. The summed E-state index contributed by atoms with van der Waals surface area (Å²) in [4.78, 5) is 26.0. The maximum Gasteiger partial charge on any atom is 0.269 e. The van der Waals surface area contributed by atoms with Crippen LogP contribution in [0.15, 0.2) is 24.3 Å². The topological polar surface area (TPSA) is 81.2 Å². The van der Waals surface area contributed by atoms with E-state index < -0.39 is 11.3 Å². The lowest BCUT2D eigenvalue weighted by molar-refractivity contribution is -0.130. The Morgan fingerprint density at radius 2 is 2.21 bits per heavy atom. The Bertz CT molecular complexity index is 1090. The molecule has 0 spiro atoms. The molecule has 1 aromatic carbocycles. The molecule has 0 bridgehead atoms. The number of carbonyl (C=O) groups excluding carboxylic acids is 2. The number of nitrogens with two attached hydrogens (primary N) is 1. The normalized spacial score (nSPS) is 27.2. The van der Waals surface area contributed by atoms with Gasteiger partial charge in [0.2, 0.25) is 5.91 Å². The molecule has 28 heavy (non-hydrogen) atoms. The number of likely N-dealkylation sites (tertiary alicyclic amines) is 1. The Morgan fingerprint density at radius 1 is 1.39 bits per heavy atom. The lowest BCUT2D eigenvalue weighted by Crippen LogP contribution is -2.27. The highest BCUT2D eigenvalue weighted by molar-refractivity contribution is 5.93. The minimum Gasteiger partial charge on any atom is -0.364 e. The van der Waals surface area contributed by atoms with Gasteiger partial charge in [-0.15, -0.1) is 0 Å². The molecule has 2 aromatic rings. The van der Waals surface area contributed by atoms with Gasteiger partial charge >= 0.3 is 0 Å². The van der Waals surface area contributed by atoms with E-state index in [2.05, 4.69) is 23.9 Å². The minimum atomic E-state index is -0.484. The van der Waals surface area contributed by atoms with E-state index in [0.717, 1.165) is 48.3 Å². The highest BCUT2D eigenvalue weighted by Gasteiger charge is 2.65. The van der Waals surface area contributed by atoms with Crippen molar-refractivity contribution in [3.63, 3.8) is 0 Å². The summed E-state index contributed by atoms with van der Waals surface area (Å²) < 4.78 is 1.83. The van der Waals surface area contributed by atoms with Crippen LogP contribution >= 0.6 is 0 Å². The summed E-state index contributed by atoms with van der Waals surface area (Å²) in [6.45, 7) is 2.91. The number of nitrogens with zero attached hydrogens (tertiary/aromatic N) is 3. The highest BCUT2D eigenvalue weighted by Crippen LogP contribution is 2.57.